The number of amides is 1. The first-order valence-corrected chi connectivity index (χ1v) is 10.9. The number of nitrogens with zero attached hydrogens (tertiary/aromatic N) is 3. The number of fused-ring (bicyclic) bond motifs is 1. The number of benzene rings is 2. The number of alkyl halides is 3. The average molecular weight is 483 g/mol. The second-order valence-corrected chi connectivity index (χ2v) is 8.12. The van der Waals surface area contributed by atoms with Gasteiger partial charge in [-0.15, -0.1) is 0 Å². The molecular formula is C25H24F3N5O2. The van der Waals surface area contributed by atoms with Gasteiger partial charge in [-0.05, 0) is 42.2 Å². The van der Waals surface area contributed by atoms with Crippen molar-refractivity contribution in [2.75, 3.05) is 19.4 Å². The van der Waals surface area contributed by atoms with Crippen LogP contribution in [0.3, 0.4) is 0 Å². The Morgan fingerprint density at radius 3 is 2.60 bits per heavy atom. The van der Waals surface area contributed by atoms with Gasteiger partial charge in [-0.25, -0.2) is 9.50 Å². The lowest BCUT2D eigenvalue weighted by molar-refractivity contribution is -0.136. The quantitative estimate of drug-likeness (QED) is 0.389. The van der Waals surface area contributed by atoms with Crippen molar-refractivity contribution in [2.45, 2.75) is 25.4 Å². The SMILES string of the molecule is COc1ccc(-c2cc(C(F)(F)F)c3c(N)ncnn23)cc1C(=O)NCCC(C)c1ccccc1. The molecule has 0 bridgehead atoms. The number of hydrogen-bond donors (Lipinski definition) is 2. The number of hydrogen-bond acceptors (Lipinski definition) is 5. The topological polar surface area (TPSA) is 94.5 Å². The first-order valence-electron chi connectivity index (χ1n) is 10.9. The third kappa shape index (κ3) is 4.91. The minimum Gasteiger partial charge on any atom is -0.496 e. The fourth-order valence-electron chi connectivity index (χ4n) is 3.98. The van der Waals surface area contributed by atoms with Crippen molar-refractivity contribution in [3.05, 3.63) is 77.6 Å². The van der Waals surface area contributed by atoms with Crippen molar-refractivity contribution >= 4 is 17.2 Å². The predicted molar refractivity (Wildman–Crippen MR) is 126 cm³/mol. The van der Waals surface area contributed by atoms with Gasteiger partial charge in [0.15, 0.2) is 5.82 Å². The van der Waals surface area contributed by atoms with Crippen LogP contribution in [0.4, 0.5) is 19.0 Å². The summed E-state index contributed by atoms with van der Waals surface area (Å²) in [5, 5.41) is 6.84. The van der Waals surface area contributed by atoms with E-state index in [1.807, 2.05) is 30.3 Å². The minimum atomic E-state index is -4.66. The highest BCUT2D eigenvalue weighted by Gasteiger charge is 2.36. The zero-order valence-electron chi connectivity index (χ0n) is 19.1. The second kappa shape index (κ2) is 9.65. The predicted octanol–water partition coefficient (Wildman–Crippen LogP) is 4.93. The van der Waals surface area contributed by atoms with Gasteiger partial charge in [-0.2, -0.15) is 18.3 Å². The summed E-state index contributed by atoms with van der Waals surface area (Å²) < 4.78 is 47.4. The number of nitrogen functional groups attached to an aromatic ring is 1. The molecule has 0 aliphatic rings. The molecule has 0 saturated carbocycles. The van der Waals surface area contributed by atoms with Crippen molar-refractivity contribution in [3.8, 4) is 17.0 Å². The van der Waals surface area contributed by atoms with E-state index in [0.29, 0.717) is 24.3 Å². The van der Waals surface area contributed by atoms with Gasteiger partial charge in [0.25, 0.3) is 5.91 Å². The zero-order valence-corrected chi connectivity index (χ0v) is 19.1. The summed E-state index contributed by atoms with van der Waals surface area (Å²) in [6, 6.07) is 15.5. The Bertz CT molecular complexity index is 1350. The largest absolute Gasteiger partial charge is 0.496 e. The van der Waals surface area contributed by atoms with Crippen molar-refractivity contribution in [1.29, 1.82) is 0 Å². The van der Waals surface area contributed by atoms with Crippen LogP contribution in [0.1, 0.15) is 40.7 Å². The van der Waals surface area contributed by atoms with E-state index in [1.165, 1.54) is 24.8 Å². The van der Waals surface area contributed by atoms with Crippen LogP contribution in [0.2, 0.25) is 0 Å². The Balaban J connectivity index is 1.63. The van der Waals surface area contributed by atoms with Gasteiger partial charge in [0.1, 0.15) is 17.6 Å². The molecule has 4 rings (SSSR count). The molecule has 7 nitrogen and oxygen atoms in total. The van der Waals surface area contributed by atoms with Crippen LogP contribution in [0.25, 0.3) is 16.8 Å². The molecule has 2 aromatic heterocycles. The summed E-state index contributed by atoms with van der Waals surface area (Å²) in [4.78, 5) is 16.7. The maximum absolute atomic E-state index is 13.7. The molecule has 4 aromatic rings. The number of aromatic nitrogens is 3. The summed E-state index contributed by atoms with van der Waals surface area (Å²) in [6.07, 6.45) is -2.87. The molecule has 1 unspecified atom stereocenters. The molecule has 0 fully saturated rings. The Morgan fingerprint density at radius 2 is 1.91 bits per heavy atom. The van der Waals surface area contributed by atoms with E-state index in [1.54, 1.807) is 6.07 Å². The van der Waals surface area contributed by atoms with Crippen molar-refractivity contribution in [1.82, 2.24) is 19.9 Å². The molecule has 0 saturated heterocycles. The fraction of sp³-hybridized carbons (Fsp3) is 0.240. The summed E-state index contributed by atoms with van der Waals surface area (Å²) in [5.74, 6) is -0.149. The normalized spacial score (nSPS) is 12.5. The maximum atomic E-state index is 13.7. The van der Waals surface area contributed by atoms with E-state index in [4.69, 9.17) is 10.5 Å². The maximum Gasteiger partial charge on any atom is 0.418 e. The molecule has 0 radical (unpaired) electrons. The number of halogens is 3. The number of rotatable bonds is 7. The Kier molecular flexibility index (Phi) is 6.63. The van der Waals surface area contributed by atoms with Gasteiger partial charge in [-0.1, -0.05) is 37.3 Å². The molecule has 2 aromatic carbocycles. The van der Waals surface area contributed by atoms with Crippen LogP contribution < -0.4 is 15.8 Å². The van der Waals surface area contributed by atoms with E-state index < -0.39 is 17.6 Å². The van der Waals surface area contributed by atoms with Gasteiger partial charge >= 0.3 is 6.18 Å². The number of nitrogens with two attached hydrogens (primary N) is 1. The molecule has 35 heavy (non-hydrogen) atoms. The number of ether oxygens (including phenoxy) is 1. The lowest BCUT2D eigenvalue weighted by Crippen LogP contribution is -2.26. The highest BCUT2D eigenvalue weighted by atomic mass is 19.4. The van der Waals surface area contributed by atoms with Gasteiger partial charge in [0.05, 0.1) is 23.9 Å². The third-order valence-corrected chi connectivity index (χ3v) is 5.86. The number of methoxy groups -OCH3 is 1. The Morgan fingerprint density at radius 1 is 1.17 bits per heavy atom. The molecule has 10 heteroatoms. The number of anilines is 1. The first-order chi connectivity index (χ1) is 16.7. The van der Waals surface area contributed by atoms with E-state index in [2.05, 4.69) is 22.3 Å². The van der Waals surface area contributed by atoms with Crippen LogP contribution in [-0.4, -0.2) is 34.2 Å². The van der Waals surface area contributed by atoms with Crippen molar-refractivity contribution in [2.24, 2.45) is 0 Å². The molecule has 2 heterocycles. The first kappa shape index (κ1) is 24.1. The summed E-state index contributed by atoms with van der Waals surface area (Å²) >= 11 is 0. The van der Waals surface area contributed by atoms with Gasteiger partial charge in [0, 0.05) is 12.1 Å². The van der Waals surface area contributed by atoms with Gasteiger partial charge in [0.2, 0.25) is 0 Å². The Labute approximate surface area is 199 Å². The molecule has 0 aliphatic heterocycles. The highest BCUT2D eigenvalue weighted by molar-refractivity contribution is 5.98. The number of carbonyl (C=O) groups excluding carboxylic acids is 1. The summed E-state index contributed by atoms with van der Waals surface area (Å²) in [7, 11) is 1.42. The highest BCUT2D eigenvalue weighted by Crippen LogP contribution is 2.39. The van der Waals surface area contributed by atoms with Crippen LogP contribution in [0.15, 0.2) is 60.9 Å². The van der Waals surface area contributed by atoms with E-state index in [-0.39, 0.29) is 28.5 Å². The summed E-state index contributed by atoms with van der Waals surface area (Å²) in [6.45, 7) is 2.49. The lowest BCUT2D eigenvalue weighted by Gasteiger charge is -2.14. The van der Waals surface area contributed by atoms with E-state index in [0.717, 1.165) is 16.9 Å². The van der Waals surface area contributed by atoms with Crippen LogP contribution >= 0.6 is 0 Å². The van der Waals surface area contributed by atoms with Crippen molar-refractivity contribution in [3.63, 3.8) is 0 Å². The number of carbonyl (C=O) groups is 1. The van der Waals surface area contributed by atoms with Crippen LogP contribution in [0.5, 0.6) is 5.75 Å². The smallest absolute Gasteiger partial charge is 0.418 e. The van der Waals surface area contributed by atoms with Crippen LogP contribution in [0, 0.1) is 0 Å². The van der Waals surface area contributed by atoms with Crippen molar-refractivity contribution < 1.29 is 22.7 Å². The molecular weight excluding hydrogens is 459 g/mol. The average Bonchev–Trinajstić information content (AvgIpc) is 3.26. The number of nitrogens with one attached hydrogen (secondary N) is 1. The third-order valence-electron chi connectivity index (χ3n) is 5.86. The monoisotopic (exact) mass is 483 g/mol. The van der Waals surface area contributed by atoms with Crippen LogP contribution in [-0.2, 0) is 6.18 Å². The molecule has 182 valence electrons. The molecule has 1 atom stereocenters. The fourth-order valence-corrected chi connectivity index (χ4v) is 3.98. The minimum absolute atomic E-state index is 0.121. The molecule has 0 spiro atoms. The lowest BCUT2D eigenvalue weighted by atomic mass is 9.98. The van der Waals surface area contributed by atoms with E-state index >= 15 is 0 Å². The molecule has 0 aliphatic carbocycles. The van der Waals surface area contributed by atoms with Gasteiger partial charge < -0.3 is 15.8 Å². The summed E-state index contributed by atoms with van der Waals surface area (Å²) in [5.41, 5.74) is 6.27. The Hall–Kier alpha value is -4.08. The molecule has 3 N–H and O–H groups in total. The second-order valence-electron chi connectivity index (χ2n) is 8.12. The zero-order chi connectivity index (χ0) is 25.2. The standard InChI is InChI=1S/C25H24F3N5O2/c1-15(16-6-4-3-5-7-16)10-11-30-24(34)18-12-17(8-9-21(18)35-2)20-13-19(25(26,27)28)22-23(29)31-14-32-33(20)22/h3-9,12-15H,10-11H2,1-2H3,(H,30,34)(H2,29,31,32). The molecule has 1 amide bonds. The van der Waals surface area contributed by atoms with E-state index in [9.17, 15) is 18.0 Å². The van der Waals surface area contributed by atoms with Gasteiger partial charge in [-0.3, -0.25) is 4.79 Å².